The van der Waals surface area contributed by atoms with Gasteiger partial charge in [-0.25, -0.2) is 0 Å². The van der Waals surface area contributed by atoms with Gasteiger partial charge in [0.25, 0.3) is 0 Å². The number of benzene rings is 1. The zero-order chi connectivity index (χ0) is 9.26. The Morgan fingerprint density at radius 1 is 1.23 bits per heavy atom. The van der Waals surface area contributed by atoms with E-state index in [0.717, 1.165) is 9.26 Å². The molecule has 2 rings (SSSR count). The predicted molar refractivity (Wildman–Crippen MR) is 58.5 cm³/mol. The standard InChI is InChI=1S/C8H7IN4/c9-6-1-2-7(10)8(5-6)13-11-3-4-12-13/h1-5H,10H2. The molecule has 0 aliphatic carbocycles. The van der Waals surface area contributed by atoms with E-state index in [4.69, 9.17) is 5.73 Å². The first kappa shape index (κ1) is 8.49. The van der Waals surface area contributed by atoms with Gasteiger partial charge in [0.2, 0.25) is 0 Å². The molecule has 0 aliphatic heterocycles. The number of hydrogen-bond acceptors (Lipinski definition) is 3. The number of halogens is 1. The number of rotatable bonds is 1. The lowest BCUT2D eigenvalue weighted by atomic mass is 10.3. The van der Waals surface area contributed by atoms with Gasteiger partial charge in [-0.1, -0.05) is 0 Å². The van der Waals surface area contributed by atoms with E-state index in [2.05, 4.69) is 32.8 Å². The van der Waals surface area contributed by atoms with Crippen LogP contribution in [0.5, 0.6) is 0 Å². The lowest BCUT2D eigenvalue weighted by Crippen LogP contribution is -2.03. The third-order valence-corrected chi connectivity index (χ3v) is 2.30. The summed E-state index contributed by atoms with van der Waals surface area (Å²) in [7, 11) is 0. The van der Waals surface area contributed by atoms with Crippen molar-refractivity contribution >= 4 is 28.3 Å². The minimum absolute atomic E-state index is 0.677. The summed E-state index contributed by atoms with van der Waals surface area (Å²) in [6.45, 7) is 0. The highest BCUT2D eigenvalue weighted by molar-refractivity contribution is 14.1. The maximum Gasteiger partial charge on any atom is 0.110 e. The van der Waals surface area contributed by atoms with Crippen molar-refractivity contribution in [3.05, 3.63) is 34.2 Å². The molecule has 0 unspecified atom stereocenters. The molecular formula is C8H7IN4. The number of nitrogen functional groups attached to an aromatic ring is 1. The van der Waals surface area contributed by atoms with Gasteiger partial charge in [0.05, 0.1) is 18.1 Å². The summed E-state index contributed by atoms with van der Waals surface area (Å²) in [5, 5.41) is 8.02. The molecule has 4 nitrogen and oxygen atoms in total. The van der Waals surface area contributed by atoms with Crippen molar-refractivity contribution in [3.63, 3.8) is 0 Å². The van der Waals surface area contributed by atoms with Gasteiger partial charge >= 0.3 is 0 Å². The highest BCUT2D eigenvalue weighted by Crippen LogP contribution is 2.17. The second-order valence-electron chi connectivity index (χ2n) is 2.52. The zero-order valence-electron chi connectivity index (χ0n) is 6.68. The summed E-state index contributed by atoms with van der Waals surface area (Å²) in [5.41, 5.74) is 7.27. The van der Waals surface area contributed by atoms with E-state index in [1.165, 1.54) is 4.80 Å². The fourth-order valence-corrected chi connectivity index (χ4v) is 1.50. The molecule has 2 N–H and O–H groups in total. The highest BCUT2D eigenvalue weighted by Gasteiger charge is 2.02. The molecule has 1 aromatic heterocycles. The van der Waals surface area contributed by atoms with Gasteiger partial charge in [-0.3, -0.25) is 0 Å². The fraction of sp³-hybridized carbons (Fsp3) is 0. The van der Waals surface area contributed by atoms with Gasteiger partial charge in [0.1, 0.15) is 5.69 Å². The summed E-state index contributed by atoms with van der Waals surface area (Å²) in [5.74, 6) is 0. The Kier molecular flexibility index (Phi) is 2.17. The molecule has 66 valence electrons. The van der Waals surface area contributed by atoms with Crippen LogP contribution in [0, 0.1) is 3.57 Å². The van der Waals surface area contributed by atoms with Gasteiger partial charge < -0.3 is 5.73 Å². The number of aromatic nitrogens is 3. The predicted octanol–water partition coefficient (Wildman–Crippen LogP) is 1.45. The first-order valence-corrected chi connectivity index (χ1v) is 4.77. The average molecular weight is 286 g/mol. The van der Waals surface area contributed by atoms with Crippen molar-refractivity contribution in [1.82, 2.24) is 15.0 Å². The Labute approximate surface area is 88.9 Å². The monoisotopic (exact) mass is 286 g/mol. The van der Waals surface area contributed by atoms with E-state index in [-0.39, 0.29) is 0 Å². The maximum atomic E-state index is 5.78. The van der Waals surface area contributed by atoms with Gasteiger partial charge in [-0.15, -0.1) is 4.80 Å². The molecule has 1 aromatic carbocycles. The van der Waals surface area contributed by atoms with Crippen LogP contribution in [0.15, 0.2) is 30.6 Å². The van der Waals surface area contributed by atoms with Crippen LogP contribution in [0.2, 0.25) is 0 Å². The first-order chi connectivity index (χ1) is 6.27. The van der Waals surface area contributed by atoms with Crippen LogP contribution >= 0.6 is 22.6 Å². The van der Waals surface area contributed by atoms with E-state index in [0.29, 0.717) is 5.69 Å². The Balaban J connectivity index is 2.57. The molecule has 0 radical (unpaired) electrons. The van der Waals surface area contributed by atoms with Crippen molar-refractivity contribution in [2.24, 2.45) is 0 Å². The molecule has 0 fully saturated rings. The minimum Gasteiger partial charge on any atom is -0.397 e. The van der Waals surface area contributed by atoms with Gasteiger partial charge in [0, 0.05) is 3.57 Å². The molecule has 0 aliphatic rings. The largest absolute Gasteiger partial charge is 0.397 e. The molecule has 0 saturated carbocycles. The number of hydrogen-bond donors (Lipinski definition) is 1. The summed E-state index contributed by atoms with van der Waals surface area (Å²) < 4.78 is 1.11. The molecule has 0 spiro atoms. The Bertz CT molecular complexity index is 410. The van der Waals surface area contributed by atoms with E-state index < -0.39 is 0 Å². The molecule has 2 aromatic rings. The van der Waals surface area contributed by atoms with Crippen LogP contribution in [0.3, 0.4) is 0 Å². The molecule has 0 amide bonds. The van der Waals surface area contributed by atoms with Crippen LogP contribution in [-0.2, 0) is 0 Å². The summed E-state index contributed by atoms with van der Waals surface area (Å²) in [6.07, 6.45) is 3.25. The van der Waals surface area contributed by atoms with Crippen molar-refractivity contribution in [2.45, 2.75) is 0 Å². The minimum atomic E-state index is 0.677. The number of anilines is 1. The van der Waals surface area contributed by atoms with Crippen LogP contribution in [-0.4, -0.2) is 15.0 Å². The molecule has 1 heterocycles. The third-order valence-electron chi connectivity index (χ3n) is 1.63. The Morgan fingerprint density at radius 3 is 2.62 bits per heavy atom. The molecule has 0 saturated heterocycles. The smallest absolute Gasteiger partial charge is 0.110 e. The fourth-order valence-electron chi connectivity index (χ4n) is 1.03. The number of nitrogens with two attached hydrogens (primary N) is 1. The van der Waals surface area contributed by atoms with Crippen molar-refractivity contribution in [3.8, 4) is 5.69 Å². The maximum absolute atomic E-state index is 5.78. The number of nitrogens with zero attached hydrogens (tertiary/aromatic N) is 3. The van der Waals surface area contributed by atoms with Gasteiger partial charge in [0.15, 0.2) is 0 Å². The van der Waals surface area contributed by atoms with Crippen LogP contribution in [0.4, 0.5) is 5.69 Å². The Hall–Kier alpha value is -1.11. The lowest BCUT2D eigenvalue weighted by molar-refractivity contribution is 0.753. The van der Waals surface area contributed by atoms with E-state index in [1.54, 1.807) is 12.4 Å². The summed E-state index contributed by atoms with van der Waals surface area (Å²) in [6, 6.07) is 5.74. The zero-order valence-corrected chi connectivity index (χ0v) is 8.84. The van der Waals surface area contributed by atoms with E-state index >= 15 is 0 Å². The average Bonchev–Trinajstić information content (AvgIpc) is 2.61. The van der Waals surface area contributed by atoms with Crippen LogP contribution in [0.1, 0.15) is 0 Å². The molecule has 0 atom stereocenters. The van der Waals surface area contributed by atoms with Crippen molar-refractivity contribution in [1.29, 1.82) is 0 Å². The Morgan fingerprint density at radius 2 is 1.92 bits per heavy atom. The summed E-state index contributed by atoms with van der Waals surface area (Å²) in [4.78, 5) is 1.51. The van der Waals surface area contributed by atoms with Crippen molar-refractivity contribution < 1.29 is 0 Å². The normalized spacial score (nSPS) is 10.2. The second kappa shape index (κ2) is 3.33. The molecule has 5 heteroatoms. The second-order valence-corrected chi connectivity index (χ2v) is 3.77. The van der Waals surface area contributed by atoms with E-state index in [1.807, 2.05) is 18.2 Å². The first-order valence-electron chi connectivity index (χ1n) is 3.69. The highest BCUT2D eigenvalue weighted by atomic mass is 127. The van der Waals surface area contributed by atoms with Crippen LogP contribution < -0.4 is 5.73 Å². The quantitative estimate of drug-likeness (QED) is 0.637. The summed E-state index contributed by atoms with van der Waals surface area (Å²) >= 11 is 2.22. The van der Waals surface area contributed by atoms with Crippen molar-refractivity contribution in [2.75, 3.05) is 5.73 Å². The molecule has 13 heavy (non-hydrogen) atoms. The third kappa shape index (κ3) is 1.64. The molecule has 0 bridgehead atoms. The van der Waals surface area contributed by atoms with Gasteiger partial charge in [-0.05, 0) is 40.8 Å². The lowest BCUT2D eigenvalue weighted by Gasteiger charge is -2.03. The molecular weight excluding hydrogens is 279 g/mol. The van der Waals surface area contributed by atoms with Gasteiger partial charge in [-0.2, -0.15) is 10.2 Å². The van der Waals surface area contributed by atoms with Crippen LogP contribution in [0.25, 0.3) is 5.69 Å². The van der Waals surface area contributed by atoms with E-state index in [9.17, 15) is 0 Å². The topological polar surface area (TPSA) is 56.7 Å². The SMILES string of the molecule is Nc1ccc(I)cc1-n1nccn1.